The zero-order chi connectivity index (χ0) is 25.4. The summed E-state index contributed by atoms with van der Waals surface area (Å²) in [5, 5.41) is 1.19. The average Bonchev–Trinajstić information content (AvgIpc) is 3.56. The molecule has 1 fully saturated rings. The lowest BCUT2D eigenvalue weighted by atomic mass is 10.0. The number of aryl methyl sites for hydroxylation is 1. The van der Waals surface area contributed by atoms with Gasteiger partial charge in [-0.15, -0.1) is 12.4 Å². The van der Waals surface area contributed by atoms with Gasteiger partial charge in [0.05, 0.1) is 17.7 Å². The van der Waals surface area contributed by atoms with E-state index in [1.165, 1.54) is 16.6 Å². The number of hydrogen-bond acceptors (Lipinski definition) is 4. The van der Waals surface area contributed by atoms with Crippen LogP contribution in [-0.2, 0) is 31.4 Å². The largest absolute Gasteiger partial charge is 0.489 e. The van der Waals surface area contributed by atoms with Crippen molar-refractivity contribution in [2.75, 3.05) is 26.2 Å². The molecule has 0 aliphatic carbocycles. The van der Waals surface area contributed by atoms with Crippen LogP contribution in [0, 0.1) is 0 Å². The van der Waals surface area contributed by atoms with Crippen molar-refractivity contribution in [2.45, 2.75) is 32.4 Å². The number of benzene rings is 2. The quantitative estimate of drug-likeness (QED) is 0.371. The fraction of sp³-hybridized carbons (Fsp3) is 0.333. The predicted octanol–water partition coefficient (Wildman–Crippen LogP) is 4.31. The molecule has 198 valence electrons. The Morgan fingerprint density at radius 1 is 0.974 bits per heavy atom. The molecule has 38 heavy (non-hydrogen) atoms. The molecule has 0 N–H and O–H groups in total. The first-order valence-corrected chi connectivity index (χ1v) is 13.1. The van der Waals surface area contributed by atoms with E-state index in [9.17, 15) is 9.59 Å². The van der Waals surface area contributed by atoms with Crippen molar-refractivity contribution in [3.63, 3.8) is 0 Å². The van der Waals surface area contributed by atoms with Crippen LogP contribution in [0.25, 0.3) is 16.6 Å². The molecule has 0 atom stereocenters. The van der Waals surface area contributed by atoms with E-state index in [0.29, 0.717) is 18.9 Å². The van der Waals surface area contributed by atoms with Crippen LogP contribution in [-0.4, -0.2) is 51.0 Å². The van der Waals surface area contributed by atoms with E-state index in [-0.39, 0.29) is 23.9 Å². The average molecular weight is 533 g/mol. The van der Waals surface area contributed by atoms with E-state index in [1.807, 2.05) is 47.4 Å². The van der Waals surface area contributed by atoms with Gasteiger partial charge >= 0.3 is 0 Å². The van der Waals surface area contributed by atoms with Crippen molar-refractivity contribution >= 4 is 29.2 Å². The van der Waals surface area contributed by atoms with Crippen LogP contribution >= 0.6 is 12.4 Å². The number of hydrogen-bond donors (Lipinski definition) is 0. The highest BCUT2D eigenvalue weighted by molar-refractivity contribution is 5.87. The molecule has 0 unspecified atom stereocenters. The summed E-state index contributed by atoms with van der Waals surface area (Å²) in [4.78, 5) is 29.9. The lowest BCUT2D eigenvalue weighted by Gasteiger charge is -2.28. The Hall–Kier alpha value is -3.55. The number of ether oxygens (including phenoxy) is 1. The number of carbonyl (C=O) groups excluding carboxylic acids is 1. The third kappa shape index (κ3) is 5.08. The van der Waals surface area contributed by atoms with Crippen LogP contribution in [0.5, 0.6) is 5.75 Å². The number of aromatic nitrogens is 2. The maximum Gasteiger partial charge on any atom is 0.258 e. The van der Waals surface area contributed by atoms with Crippen LogP contribution in [0.15, 0.2) is 71.7 Å². The monoisotopic (exact) mass is 532 g/mol. The zero-order valence-corrected chi connectivity index (χ0v) is 22.5. The first-order chi connectivity index (χ1) is 18.1. The van der Waals surface area contributed by atoms with Gasteiger partial charge in [-0.2, -0.15) is 0 Å². The second kappa shape index (κ2) is 11.1. The minimum absolute atomic E-state index is 0. The standard InChI is InChI=1S/C30H32N4O3.ClH/c1-31-27-12-15-32(20-30(36)33-13-5-6-14-33)19-26(27)25-10-9-23(17-28(25)31)34-16-11-24(18-29(34)35)37-21-22-7-3-2-4-8-22;/h2-4,7-11,16-18H,5-6,12-15,19-21H2,1H3;1H. The Bertz CT molecular complexity index is 1510. The molecule has 8 heteroatoms. The second-order valence-corrected chi connectivity index (χ2v) is 10.1. The van der Waals surface area contributed by atoms with Crippen LogP contribution in [0.4, 0.5) is 0 Å². The summed E-state index contributed by atoms with van der Waals surface area (Å²) in [6.07, 6.45) is 4.93. The summed E-state index contributed by atoms with van der Waals surface area (Å²) >= 11 is 0. The highest BCUT2D eigenvalue weighted by Gasteiger charge is 2.26. The Balaban J connectivity index is 0.00000294. The first kappa shape index (κ1) is 26.1. The molecule has 4 heterocycles. The number of pyridine rings is 1. The lowest BCUT2D eigenvalue weighted by molar-refractivity contribution is -0.131. The molecule has 2 aliphatic heterocycles. The van der Waals surface area contributed by atoms with Gasteiger partial charge in [-0.3, -0.25) is 19.1 Å². The summed E-state index contributed by atoms with van der Waals surface area (Å²) in [5.41, 5.74) is 5.47. The van der Waals surface area contributed by atoms with Crippen LogP contribution in [0.2, 0.25) is 0 Å². The fourth-order valence-corrected chi connectivity index (χ4v) is 5.67. The van der Waals surface area contributed by atoms with E-state index in [4.69, 9.17) is 4.74 Å². The van der Waals surface area contributed by atoms with Crippen LogP contribution in [0.3, 0.4) is 0 Å². The van der Waals surface area contributed by atoms with Crippen molar-refractivity contribution < 1.29 is 9.53 Å². The molecule has 1 amide bonds. The molecule has 2 aromatic heterocycles. The number of rotatable bonds is 6. The highest BCUT2D eigenvalue weighted by Crippen LogP contribution is 2.31. The Morgan fingerprint density at radius 2 is 1.76 bits per heavy atom. The molecule has 2 aliphatic rings. The van der Waals surface area contributed by atoms with E-state index in [2.05, 4.69) is 28.6 Å². The summed E-state index contributed by atoms with van der Waals surface area (Å²) < 4.78 is 9.73. The van der Waals surface area contributed by atoms with Gasteiger partial charge in [0.15, 0.2) is 0 Å². The molecule has 2 aromatic carbocycles. The summed E-state index contributed by atoms with van der Waals surface area (Å²) in [6, 6.07) is 19.5. The third-order valence-corrected chi connectivity index (χ3v) is 7.70. The molecule has 1 saturated heterocycles. The number of amides is 1. The second-order valence-electron chi connectivity index (χ2n) is 10.1. The minimum Gasteiger partial charge on any atom is -0.489 e. The predicted molar refractivity (Wildman–Crippen MR) is 151 cm³/mol. The maximum absolute atomic E-state index is 13.0. The zero-order valence-electron chi connectivity index (χ0n) is 21.6. The van der Waals surface area contributed by atoms with Crippen molar-refractivity contribution in [3.8, 4) is 11.4 Å². The van der Waals surface area contributed by atoms with Crippen molar-refractivity contribution in [3.05, 3.63) is 94.0 Å². The molecular weight excluding hydrogens is 500 g/mol. The minimum atomic E-state index is -0.129. The van der Waals surface area contributed by atoms with E-state index < -0.39 is 0 Å². The summed E-state index contributed by atoms with van der Waals surface area (Å²) in [5.74, 6) is 0.808. The smallest absolute Gasteiger partial charge is 0.258 e. The highest BCUT2D eigenvalue weighted by atomic mass is 35.5. The summed E-state index contributed by atoms with van der Waals surface area (Å²) in [6.45, 7) is 4.36. The van der Waals surface area contributed by atoms with E-state index >= 15 is 0 Å². The van der Waals surface area contributed by atoms with Crippen molar-refractivity contribution in [1.29, 1.82) is 0 Å². The van der Waals surface area contributed by atoms with Gasteiger partial charge < -0.3 is 14.2 Å². The normalized spacial score (nSPS) is 15.3. The maximum atomic E-state index is 13.0. The first-order valence-electron chi connectivity index (χ1n) is 13.1. The van der Waals surface area contributed by atoms with Gasteiger partial charge in [0.1, 0.15) is 12.4 Å². The number of likely N-dealkylation sites (tertiary alicyclic amines) is 1. The number of carbonyl (C=O) groups is 1. The van der Waals surface area contributed by atoms with Gasteiger partial charge in [-0.1, -0.05) is 36.4 Å². The van der Waals surface area contributed by atoms with Crippen molar-refractivity contribution in [2.24, 2.45) is 7.05 Å². The topological polar surface area (TPSA) is 59.7 Å². The SMILES string of the molecule is Cl.Cn1c2c(c3ccc(-n4ccc(OCc5ccccc5)cc4=O)cc31)CN(CC(=O)N1CCCC1)CC2. The van der Waals surface area contributed by atoms with Gasteiger partial charge in [-0.25, -0.2) is 0 Å². The molecule has 4 aromatic rings. The summed E-state index contributed by atoms with van der Waals surface area (Å²) in [7, 11) is 2.10. The van der Waals surface area contributed by atoms with E-state index in [0.717, 1.165) is 62.2 Å². The van der Waals surface area contributed by atoms with Crippen LogP contribution < -0.4 is 10.3 Å². The molecule has 0 bridgehead atoms. The molecule has 0 spiro atoms. The van der Waals surface area contributed by atoms with E-state index in [1.54, 1.807) is 16.8 Å². The Kier molecular flexibility index (Phi) is 7.58. The van der Waals surface area contributed by atoms with Gasteiger partial charge in [0.2, 0.25) is 5.91 Å². The number of halogens is 1. The molecule has 0 radical (unpaired) electrons. The number of fused-ring (bicyclic) bond motifs is 3. The molecule has 7 nitrogen and oxygen atoms in total. The lowest BCUT2D eigenvalue weighted by Crippen LogP contribution is -2.41. The van der Waals surface area contributed by atoms with Gasteiger partial charge in [0, 0.05) is 63.0 Å². The molecule has 0 saturated carbocycles. The van der Waals surface area contributed by atoms with Gasteiger partial charge in [0.25, 0.3) is 5.56 Å². The fourth-order valence-electron chi connectivity index (χ4n) is 5.67. The molecule has 6 rings (SSSR count). The Labute approximate surface area is 228 Å². The van der Waals surface area contributed by atoms with Crippen LogP contribution in [0.1, 0.15) is 29.7 Å². The van der Waals surface area contributed by atoms with Crippen molar-refractivity contribution in [1.82, 2.24) is 18.9 Å². The Morgan fingerprint density at radius 3 is 2.53 bits per heavy atom. The van der Waals surface area contributed by atoms with Gasteiger partial charge in [-0.05, 0) is 42.2 Å². The molecular formula is C30H33ClN4O3. The third-order valence-electron chi connectivity index (χ3n) is 7.70. The number of nitrogens with zero attached hydrogens (tertiary/aromatic N) is 4.